The van der Waals surface area contributed by atoms with E-state index in [1.807, 2.05) is 0 Å². The first kappa shape index (κ1) is 13.0. The van der Waals surface area contributed by atoms with Gasteiger partial charge in [0, 0.05) is 13.7 Å². The summed E-state index contributed by atoms with van der Waals surface area (Å²) in [7, 11) is -1.74. The van der Waals surface area contributed by atoms with E-state index in [-0.39, 0.29) is 10.6 Å². The van der Waals surface area contributed by atoms with Crippen LogP contribution in [-0.4, -0.2) is 27.9 Å². The van der Waals surface area contributed by atoms with E-state index in [9.17, 15) is 8.42 Å². The van der Waals surface area contributed by atoms with Crippen molar-refractivity contribution in [2.24, 2.45) is 0 Å². The van der Waals surface area contributed by atoms with Crippen LogP contribution in [0, 0.1) is 6.92 Å². The van der Waals surface area contributed by atoms with Crippen LogP contribution in [0.1, 0.15) is 12.0 Å². The van der Waals surface area contributed by atoms with Gasteiger partial charge in [0.15, 0.2) is 9.84 Å². The van der Waals surface area contributed by atoms with Gasteiger partial charge in [-0.05, 0) is 25.0 Å². The summed E-state index contributed by atoms with van der Waals surface area (Å²) in [6.45, 7) is 2.23. The highest BCUT2D eigenvalue weighted by Crippen LogP contribution is 2.23. The van der Waals surface area contributed by atoms with E-state index in [0.29, 0.717) is 18.7 Å². The second-order valence-corrected chi connectivity index (χ2v) is 5.73. The molecular weight excluding hydrogens is 226 g/mol. The van der Waals surface area contributed by atoms with Crippen LogP contribution in [-0.2, 0) is 14.6 Å². The van der Waals surface area contributed by atoms with Crippen molar-refractivity contribution in [3.63, 3.8) is 0 Å². The molecule has 0 atom stereocenters. The Morgan fingerprint density at radius 2 is 2.06 bits per heavy atom. The Morgan fingerprint density at radius 3 is 2.69 bits per heavy atom. The number of ether oxygens (including phenoxy) is 1. The number of anilines is 1. The number of nitrogen functional groups attached to an aromatic ring is 1. The average Bonchev–Trinajstić information content (AvgIpc) is 2.22. The fourth-order valence-corrected chi connectivity index (χ4v) is 2.93. The van der Waals surface area contributed by atoms with E-state index >= 15 is 0 Å². The lowest BCUT2D eigenvalue weighted by Crippen LogP contribution is -2.11. The second kappa shape index (κ2) is 5.32. The van der Waals surface area contributed by atoms with E-state index in [0.717, 1.165) is 5.56 Å². The van der Waals surface area contributed by atoms with Crippen LogP contribution >= 0.6 is 0 Å². The number of methoxy groups -OCH3 is 1. The van der Waals surface area contributed by atoms with Gasteiger partial charge in [-0.1, -0.05) is 12.1 Å². The third-order valence-corrected chi connectivity index (χ3v) is 4.23. The van der Waals surface area contributed by atoms with Gasteiger partial charge >= 0.3 is 0 Å². The highest BCUT2D eigenvalue weighted by Gasteiger charge is 2.17. The lowest BCUT2D eigenvalue weighted by Gasteiger charge is -2.09. The zero-order valence-electron chi connectivity index (χ0n) is 9.56. The Kier molecular flexibility index (Phi) is 4.32. The highest BCUT2D eigenvalue weighted by atomic mass is 32.2. The molecule has 0 spiro atoms. The van der Waals surface area contributed by atoms with Gasteiger partial charge in [-0.3, -0.25) is 0 Å². The van der Waals surface area contributed by atoms with Crippen LogP contribution in [0.15, 0.2) is 23.1 Å². The van der Waals surface area contributed by atoms with Crippen molar-refractivity contribution < 1.29 is 13.2 Å². The molecule has 16 heavy (non-hydrogen) atoms. The summed E-state index contributed by atoms with van der Waals surface area (Å²) in [5.41, 5.74) is 6.89. The Bertz CT molecular complexity index is 454. The van der Waals surface area contributed by atoms with Gasteiger partial charge in [-0.25, -0.2) is 8.42 Å². The molecule has 5 heteroatoms. The van der Waals surface area contributed by atoms with Gasteiger partial charge in [-0.15, -0.1) is 0 Å². The lowest BCUT2D eigenvalue weighted by atomic mass is 10.2. The number of hydrogen-bond acceptors (Lipinski definition) is 4. The number of aryl methyl sites for hydroxylation is 1. The number of para-hydroxylation sites is 1. The Balaban J connectivity index is 2.94. The van der Waals surface area contributed by atoms with Crippen LogP contribution in [0.25, 0.3) is 0 Å². The van der Waals surface area contributed by atoms with Gasteiger partial charge in [0.25, 0.3) is 0 Å². The Morgan fingerprint density at radius 1 is 1.38 bits per heavy atom. The number of rotatable bonds is 5. The molecule has 2 N–H and O–H groups in total. The van der Waals surface area contributed by atoms with E-state index in [4.69, 9.17) is 10.5 Å². The maximum Gasteiger partial charge on any atom is 0.180 e. The maximum absolute atomic E-state index is 11.9. The molecule has 4 nitrogen and oxygen atoms in total. The van der Waals surface area contributed by atoms with Crippen LogP contribution in [0.3, 0.4) is 0 Å². The van der Waals surface area contributed by atoms with Gasteiger partial charge in [-0.2, -0.15) is 0 Å². The second-order valence-electron chi connectivity index (χ2n) is 3.65. The zero-order valence-corrected chi connectivity index (χ0v) is 10.4. The topological polar surface area (TPSA) is 69.4 Å². The number of sulfone groups is 1. The fourth-order valence-electron chi connectivity index (χ4n) is 1.43. The summed E-state index contributed by atoms with van der Waals surface area (Å²) in [4.78, 5) is 0.226. The van der Waals surface area contributed by atoms with Crippen LogP contribution in [0.5, 0.6) is 0 Å². The normalized spacial score (nSPS) is 11.6. The SMILES string of the molecule is COCCCS(=O)(=O)c1cccc(C)c1N. The summed E-state index contributed by atoms with van der Waals surface area (Å²) < 4.78 is 28.7. The molecule has 0 aliphatic heterocycles. The van der Waals surface area contributed by atoms with E-state index in [1.54, 1.807) is 32.2 Å². The summed E-state index contributed by atoms with van der Waals surface area (Å²) in [5, 5.41) is 0. The predicted octanol–water partition coefficient (Wildman–Crippen LogP) is 1.39. The number of benzene rings is 1. The van der Waals surface area contributed by atoms with Crippen molar-refractivity contribution in [2.45, 2.75) is 18.2 Å². The fraction of sp³-hybridized carbons (Fsp3) is 0.455. The minimum absolute atomic E-state index is 0.0640. The molecule has 0 radical (unpaired) electrons. The summed E-state index contributed by atoms with van der Waals surface area (Å²) >= 11 is 0. The molecule has 0 aliphatic carbocycles. The number of nitrogens with two attached hydrogens (primary N) is 1. The molecule has 90 valence electrons. The van der Waals surface area contributed by atoms with Crippen molar-refractivity contribution >= 4 is 15.5 Å². The first-order valence-corrected chi connectivity index (χ1v) is 6.71. The summed E-state index contributed by atoms with van der Waals surface area (Å²) in [6.07, 6.45) is 0.478. The molecular formula is C11H17NO3S. The molecule has 0 amide bonds. The van der Waals surface area contributed by atoms with Crippen molar-refractivity contribution in [3.8, 4) is 0 Å². The van der Waals surface area contributed by atoms with Gasteiger partial charge < -0.3 is 10.5 Å². The van der Waals surface area contributed by atoms with Crippen molar-refractivity contribution in [3.05, 3.63) is 23.8 Å². The molecule has 0 bridgehead atoms. The largest absolute Gasteiger partial charge is 0.397 e. The van der Waals surface area contributed by atoms with Gasteiger partial charge in [0.2, 0.25) is 0 Å². The maximum atomic E-state index is 11.9. The van der Waals surface area contributed by atoms with Crippen LogP contribution in [0.4, 0.5) is 5.69 Å². The third kappa shape index (κ3) is 2.96. The Hall–Kier alpha value is -1.07. The van der Waals surface area contributed by atoms with Crippen LogP contribution < -0.4 is 5.73 Å². The highest BCUT2D eigenvalue weighted by molar-refractivity contribution is 7.91. The van der Waals surface area contributed by atoms with E-state index in [1.165, 1.54) is 0 Å². The molecule has 0 fully saturated rings. The first-order chi connectivity index (χ1) is 7.49. The standard InChI is InChI=1S/C11H17NO3S/c1-9-5-3-6-10(11(9)12)16(13,14)8-4-7-15-2/h3,5-6H,4,7-8,12H2,1-2H3. The number of hydrogen-bond donors (Lipinski definition) is 1. The third-order valence-electron chi connectivity index (χ3n) is 2.38. The lowest BCUT2D eigenvalue weighted by molar-refractivity contribution is 0.199. The molecule has 1 rings (SSSR count). The first-order valence-electron chi connectivity index (χ1n) is 5.06. The van der Waals surface area contributed by atoms with Crippen molar-refractivity contribution in [2.75, 3.05) is 25.2 Å². The molecule has 1 aromatic rings. The Labute approximate surface area is 96.3 Å². The van der Waals surface area contributed by atoms with Crippen molar-refractivity contribution in [1.29, 1.82) is 0 Å². The molecule has 0 saturated heterocycles. The molecule has 0 aliphatic rings. The smallest absolute Gasteiger partial charge is 0.180 e. The minimum atomic E-state index is -3.29. The predicted molar refractivity (Wildman–Crippen MR) is 64.1 cm³/mol. The van der Waals surface area contributed by atoms with Gasteiger partial charge in [0.1, 0.15) is 0 Å². The quantitative estimate of drug-likeness (QED) is 0.626. The summed E-state index contributed by atoms with van der Waals surface area (Å²) in [5.74, 6) is 0.0640. The monoisotopic (exact) mass is 243 g/mol. The zero-order chi connectivity index (χ0) is 12.2. The molecule has 0 saturated carbocycles. The van der Waals surface area contributed by atoms with E-state index < -0.39 is 9.84 Å². The summed E-state index contributed by atoms with van der Waals surface area (Å²) in [6, 6.07) is 5.04. The average molecular weight is 243 g/mol. The molecule has 0 aromatic heterocycles. The van der Waals surface area contributed by atoms with Crippen LogP contribution in [0.2, 0.25) is 0 Å². The van der Waals surface area contributed by atoms with E-state index in [2.05, 4.69) is 0 Å². The van der Waals surface area contributed by atoms with Gasteiger partial charge in [0.05, 0.1) is 16.3 Å². The van der Waals surface area contributed by atoms with Crippen molar-refractivity contribution in [1.82, 2.24) is 0 Å². The minimum Gasteiger partial charge on any atom is -0.397 e. The molecule has 0 heterocycles. The molecule has 0 unspecified atom stereocenters. The molecule has 1 aromatic carbocycles.